The van der Waals surface area contributed by atoms with Gasteiger partial charge in [-0.25, -0.2) is 9.78 Å². The Morgan fingerprint density at radius 2 is 2.36 bits per heavy atom. The van der Waals surface area contributed by atoms with E-state index in [1.807, 2.05) is 19.1 Å². The van der Waals surface area contributed by atoms with Crippen molar-refractivity contribution in [2.45, 2.75) is 32.0 Å². The van der Waals surface area contributed by atoms with E-state index in [1.54, 1.807) is 0 Å². The van der Waals surface area contributed by atoms with Crippen LogP contribution in [0.4, 0.5) is 0 Å². The second-order valence-electron chi connectivity index (χ2n) is 3.07. The van der Waals surface area contributed by atoms with E-state index < -0.39 is 0 Å². The van der Waals surface area contributed by atoms with Crippen LogP contribution in [0.2, 0.25) is 0 Å². The number of carbonyl (C=O) groups is 1. The largest absolute Gasteiger partial charge is 0.361 e. The quantitative estimate of drug-likeness (QED) is 0.220. The SMILES string of the molecule is C[C@@H]1C=C[C@H](CCC(=O)C=[N+]=[N-])OO1. The molecule has 0 bridgehead atoms. The molecule has 76 valence electrons. The summed E-state index contributed by atoms with van der Waals surface area (Å²) in [5, 5.41) is 0. The average Bonchev–Trinajstić information content (AvgIpc) is 2.17. The molecule has 0 aromatic rings. The molecular formula is C9H12N2O3. The first-order chi connectivity index (χ1) is 6.72. The predicted octanol–water partition coefficient (Wildman–Crippen LogP) is 0.911. The number of hydrogen-bond acceptors (Lipinski definition) is 3. The molecule has 0 aromatic heterocycles. The monoisotopic (exact) mass is 196 g/mol. The molecule has 0 unspecified atom stereocenters. The fourth-order valence-corrected chi connectivity index (χ4v) is 1.06. The standard InChI is InChI=1S/C9H12N2O3/c1-7-2-4-9(14-13-7)5-3-8(12)6-11-10/h2,4,6-7,9H,3,5H2,1H3/t7-,9-/m1/s1. The molecule has 1 aliphatic heterocycles. The molecule has 0 spiro atoms. The molecule has 1 rings (SSSR count). The predicted molar refractivity (Wildman–Crippen MR) is 48.5 cm³/mol. The van der Waals surface area contributed by atoms with Crippen molar-refractivity contribution in [3.63, 3.8) is 0 Å². The zero-order chi connectivity index (χ0) is 10.4. The first-order valence-corrected chi connectivity index (χ1v) is 4.43. The molecule has 5 nitrogen and oxygen atoms in total. The van der Waals surface area contributed by atoms with E-state index in [0.29, 0.717) is 6.42 Å². The summed E-state index contributed by atoms with van der Waals surface area (Å²) in [4.78, 5) is 23.4. The van der Waals surface area contributed by atoms with E-state index in [-0.39, 0.29) is 24.4 Å². The number of Topliss-reactive ketones (excluding diaryl/α,β-unsaturated/α-hetero) is 1. The van der Waals surface area contributed by atoms with Crippen LogP contribution in [0.1, 0.15) is 19.8 Å². The topological polar surface area (TPSA) is 71.9 Å². The molecule has 0 N–H and O–H groups in total. The number of nitrogens with zero attached hydrogens (tertiary/aromatic N) is 2. The Morgan fingerprint density at radius 3 is 2.93 bits per heavy atom. The third-order valence-corrected chi connectivity index (χ3v) is 1.80. The normalized spacial score (nSPS) is 25.5. The fourth-order valence-electron chi connectivity index (χ4n) is 1.06. The van der Waals surface area contributed by atoms with E-state index in [0.717, 1.165) is 6.21 Å². The smallest absolute Gasteiger partial charge is 0.323 e. The Bertz CT molecular complexity index is 282. The van der Waals surface area contributed by atoms with Crippen molar-refractivity contribution in [2.24, 2.45) is 0 Å². The van der Waals surface area contributed by atoms with Crippen molar-refractivity contribution in [1.82, 2.24) is 0 Å². The third-order valence-electron chi connectivity index (χ3n) is 1.80. The van der Waals surface area contributed by atoms with E-state index in [4.69, 9.17) is 15.3 Å². The molecule has 0 aromatic carbocycles. The lowest BCUT2D eigenvalue weighted by Crippen LogP contribution is -2.21. The summed E-state index contributed by atoms with van der Waals surface area (Å²) in [6.45, 7) is 1.86. The van der Waals surface area contributed by atoms with Crippen LogP contribution in [-0.2, 0) is 14.6 Å². The minimum absolute atomic E-state index is 0.0408. The number of carbonyl (C=O) groups excluding carboxylic acids is 1. The maximum Gasteiger partial charge on any atom is 0.323 e. The molecule has 0 aliphatic carbocycles. The Kier molecular flexibility index (Phi) is 4.19. The Hall–Kier alpha value is -1.29. The molecule has 0 saturated heterocycles. The van der Waals surface area contributed by atoms with Gasteiger partial charge in [0.05, 0.1) is 0 Å². The molecule has 0 saturated carbocycles. The van der Waals surface area contributed by atoms with Crippen LogP contribution in [0.5, 0.6) is 0 Å². The summed E-state index contributed by atoms with van der Waals surface area (Å²) in [6, 6.07) is 0. The average molecular weight is 196 g/mol. The summed E-state index contributed by atoms with van der Waals surface area (Å²) >= 11 is 0. The van der Waals surface area contributed by atoms with E-state index in [9.17, 15) is 4.79 Å². The van der Waals surface area contributed by atoms with Gasteiger partial charge < -0.3 is 5.53 Å². The second kappa shape index (κ2) is 5.44. The van der Waals surface area contributed by atoms with Crippen LogP contribution < -0.4 is 0 Å². The van der Waals surface area contributed by atoms with Gasteiger partial charge in [-0.05, 0) is 13.3 Å². The van der Waals surface area contributed by atoms with E-state index >= 15 is 0 Å². The first kappa shape index (κ1) is 10.8. The van der Waals surface area contributed by atoms with E-state index in [1.165, 1.54) is 0 Å². The van der Waals surface area contributed by atoms with Crippen LogP contribution in [0, 0.1) is 0 Å². The van der Waals surface area contributed by atoms with Gasteiger partial charge in [0.15, 0.2) is 0 Å². The van der Waals surface area contributed by atoms with Crippen LogP contribution in [-0.4, -0.2) is 29.0 Å². The molecule has 0 amide bonds. The van der Waals surface area contributed by atoms with Crippen molar-refractivity contribution < 1.29 is 19.4 Å². The molecule has 1 aliphatic rings. The van der Waals surface area contributed by atoms with Crippen LogP contribution in [0.3, 0.4) is 0 Å². The zero-order valence-electron chi connectivity index (χ0n) is 7.92. The lowest BCUT2D eigenvalue weighted by Gasteiger charge is -2.19. The Morgan fingerprint density at radius 1 is 1.57 bits per heavy atom. The lowest BCUT2D eigenvalue weighted by atomic mass is 10.1. The van der Waals surface area contributed by atoms with Gasteiger partial charge in [0.1, 0.15) is 12.2 Å². The Labute approximate surface area is 81.9 Å². The van der Waals surface area contributed by atoms with Crippen molar-refractivity contribution in [3.8, 4) is 0 Å². The maximum absolute atomic E-state index is 10.9. The summed E-state index contributed by atoms with van der Waals surface area (Å²) in [5.74, 6) is -0.233. The van der Waals surface area contributed by atoms with Crippen molar-refractivity contribution in [2.75, 3.05) is 0 Å². The van der Waals surface area contributed by atoms with Gasteiger partial charge in [0.2, 0.25) is 5.78 Å². The minimum Gasteiger partial charge on any atom is -0.361 e. The molecule has 2 atom stereocenters. The van der Waals surface area contributed by atoms with Crippen molar-refractivity contribution >= 4 is 12.0 Å². The molecule has 14 heavy (non-hydrogen) atoms. The van der Waals surface area contributed by atoms with Gasteiger partial charge in [-0.1, -0.05) is 12.2 Å². The van der Waals surface area contributed by atoms with Crippen molar-refractivity contribution in [1.29, 1.82) is 0 Å². The summed E-state index contributed by atoms with van der Waals surface area (Å²) in [6.07, 6.45) is 5.18. The lowest BCUT2D eigenvalue weighted by molar-refractivity contribution is -0.336. The molecule has 1 heterocycles. The van der Waals surface area contributed by atoms with Gasteiger partial charge >= 0.3 is 6.21 Å². The Balaban J connectivity index is 2.29. The fraction of sp³-hybridized carbons (Fsp3) is 0.556. The third kappa shape index (κ3) is 3.62. The van der Waals surface area contributed by atoms with Crippen LogP contribution >= 0.6 is 0 Å². The maximum atomic E-state index is 10.9. The molecule has 0 fully saturated rings. The van der Waals surface area contributed by atoms with Crippen LogP contribution in [0.15, 0.2) is 12.2 Å². The second-order valence-corrected chi connectivity index (χ2v) is 3.07. The van der Waals surface area contributed by atoms with Crippen LogP contribution in [0.25, 0.3) is 5.53 Å². The van der Waals surface area contributed by atoms with Gasteiger partial charge in [-0.3, -0.25) is 4.79 Å². The number of ketones is 1. The summed E-state index contributed by atoms with van der Waals surface area (Å²) in [7, 11) is 0. The van der Waals surface area contributed by atoms with Gasteiger partial charge in [-0.15, -0.1) is 0 Å². The molecule has 5 heteroatoms. The summed E-state index contributed by atoms with van der Waals surface area (Å²) < 4.78 is 0. The highest BCUT2D eigenvalue weighted by Gasteiger charge is 2.15. The molecule has 0 radical (unpaired) electrons. The number of rotatable bonds is 4. The summed E-state index contributed by atoms with van der Waals surface area (Å²) in [5.41, 5.74) is 8.09. The highest BCUT2D eigenvalue weighted by atomic mass is 17.2. The highest BCUT2D eigenvalue weighted by Crippen LogP contribution is 2.12. The highest BCUT2D eigenvalue weighted by molar-refractivity contribution is 6.25. The van der Waals surface area contributed by atoms with Gasteiger partial charge in [0.25, 0.3) is 0 Å². The van der Waals surface area contributed by atoms with Crippen molar-refractivity contribution in [3.05, 3.63) is 17.7 Å². The van der Waals surface area contributed by atoms with E-state index in [2.05, 4.69) is 4.79 Å². The van der Waals surface area contributed by atoms with Gasteiger partial charge in [0, 0.05) is 6.42 Å². The number of hydrogen-bond donors (Lipinski definition) is 0. The minimum atomic E-state index is -0.233. The molecular weight excluding hydrogens is 184 g/mol. The van der Waals surface area contributed by atoms with Gasteiger partial charge in [-0.2, -0.15) is 4.79 Å². The zero-order valence-corrected chi connectivity index (χ0v) is 7.92. The first-order valence-electron chi connectivity index (χ1n) is 4.43.